The van der Waals surface area contributed by atoms with E-state index in [1.165, 1.54) is 4.88 Å². The topological polar surface area (TPSA) is 57.6 Å². The van der Waals surface area contributed by atoms with Gasteiger partial charge in [-0.3, -0.25) is 4.79 Å². The number of rotatable bonds is 5. The molecule has 1 aromatic heterocycles. The van der Waals surface area contributed by atoms with Gasteiger partial charge in [0.2, 0.25) is 5.91 Å². The lowest BCUT2D eigenvalue weighted by molar-refractivity contribution is -0.150. The molecule has 110 valence electrons. The van der Waals surface area contributed by atoms with Crippen molar-refractivity contribution in [2.45, 2.75) is 51.0 Å². The highest BCUT2D eigenvalue weighted by Gasteiger charge is 2.30. The Morgan fingerprint density at radius 1 is 1.35 bits per heavy atom. The molecule has 0 spiro atoms. The highest BCUT2D eigenvalue weighted by molar-refractivity contribution is 7.09. The van der Waals surface area contributed by atoms with Gasteiger partial charge < -0.3 is 10.0 Å². The van der Waals surface area contributed by atoms with Crippen LogP contribution in [0.2, 0.25) is 0 Å². The average Bonchev–Trinajstić information content (AvgIpc) is 2.80. The van der Waals surface area contributed by atoms with Crippen LogP contribution in [-0.4, -0.2) is 34.5 Å². The van der Waals surface area contributed by atoms with Crippen LogP contribution in [0.5, 0.6) is 0 Å². The summed E-state index contributed by atoms with van der Waals surface area (Å²) in [4.78, 5) is 26.4. The van der Waals surface area contributed by atoms with E-state index in [2.05, 4.69) is 6.07 Å². The third-order valence-electron chi connectivity index (χ3n) is 3.75. The molecule has 5 heteroatoms. The Hall–Kier alpha value is -1.36. The SMILES string of the molecule is O=C(O)C1CCCCCN1C(=O)CCCc1cccs1. The molecule has 1 unspecified atom stereocenters. The van der Waals surface area contributed by atoms with Crippen LogP contribution < -0.4 is 0 Å². The average molecular weight is 295 g/mol. The van der Waals surface area contributed by atoms with E-state index in [0.29, 0.717) is 19.4 Å². The monoisotopic (exact) mass is 295 g/mol. The first kappa shape index (κ1) is 15.0. The van der Waals surface area contributed by atoms with E-state index in [-0.39, 0.29) is 5.91 Å². The van der Waals surface area contributed by atoms with E-state index < -0.39 is 12.0 Å². The molecule has 1 aliphatic rings. The third-order valence-corrected chi connectivity index (χ3v) is 4.69. The molecule has 0 saturated carbocycles. The van der Waals surface area contributed by atoms with Crippen molar-refractivity contribution in [3.8, 4) is 0 Å². The van der Waals surface area contributed by atoms with Gasteiger partial charge in [0.25, 0.3) is 0 Å². The molecule has 0 radical (unpaired) electrons. The fourth-order valence-corrected chi connectivity index (χ4v) is 3.43. The predicted molar refractivity (Wildman–Crippen MR) is 78.9 cm³/mol. The van der Waals surface area contributed by atoms with Crippen LogP contribution in [0.4, 0.5) is 0 Å². The third kappa shape index (κ3) is 4.07. The fraction of sp³-hybridized carbons (Fsp3) is 0.600. The van der Waals surface area contributed by atoms with Crippen LogP contribution in [0.25, 0.3) is 0 Å². The van der Waals surface area contributed by atoms with E-state index in [9.17, 15) is 14.7 Å². The summed E-state index contributed by atoms with van der Waals surface area (Å²) in [6, 6.07) is 3.46. The van der Waals surface area contributed by atoms with Gasteiger partial charge in [-0.25, -0.2) is 4.79 Å². The maximum Gasteiger partial charge on any atom is 0.326 e. The number of thiophene rings is 1. The van der Waals surface area contributed by atoms with Crippen LogP contribution in [0.15, 0.2) is 17.5 Å². The Balaban J connectivity index is 1.86. The van der Waals surface area contributed by atoms with Gasteiger partial charge in [0, 0.05) is 17.8 Å². The minimum absolute atomic E-state index is 0.00384. The number of carboxylic acids is 1. The molecule has 0 aliphatic carbocycles. The molecular weight excluding hydrogens is 274 g/mol. The highest BCUT2D eigenvalue weighted by Crippen LogP contribution is 2.19. The van der Waals surface area contributed by atoms with Crippen LogP contribution in [0.1, 0.15) is 43.4 Å². The maximum atomic E-state index is 12.3. The smallest absolute Gasteiger partial charge is 0.326 e. The van der Waals surface area contributed by atoms with Gasteiger partial charge in [0.05, 0.1) is 0 Å². The quantitative estimate of drug-likeness (QED) is 0.908. The molecule has 1 saturated heterocycles. The van der Waals surface area contributed by atoms with Crippen LogP contribution in [-0.2, 0) is 16.0 Å². The Bertz CT molecular complexity index is 444. The first-order valence-electron chi connectivity index (χ1n) is 7.23. The second-order valence-electron chi connectivity index (χ2n) is 5.22. The van der Waals surface area contributed by atoms with Gasteiger partial charge in [-0.1, -0.05) is 18.9 Å². The normalized spacial score (nSPS) is 19.6. The van der Waals surface area contributed by atoms with E-state index in [1.54, 1.807) is 16.2 Å². The van der Waals surface area contributed by atoms with E-state index >= 15 is 0 Å². The first-order valence-corrected chi connectivity index (χ1v) is 8.11. The molecule has 1 fully saturated rings. The van der Waals surface area contributed by atoms with Crippen LogP contribution in [0.3, 0.4) is 0 Å². The number of aryl methyl sites for hydroxylation is 1. The van der Waals surface area contributed by atoms with Crippen LogP contribution in [0, 0.1) is 0 Å². The zero-order valence-electron chi connectivity index (χ0n) is 11.6. The molecule has 4 nitrogen and oxygen atoms in total. The van der Waals surface area contributed by atoms with Crippen molar-refractivity contribution < 1.29 is 14.7 Å². The minimum atomic E-state index is -0.862. The van der Waals surface area contributed by atoms with Gasteiger partial charge in [-0.05, 0) is 37.1 Å². The van der Waals surface area contributed by atoms with Crippen LogP contribution >= 0.6 is 11.3 Å². The molecule has 2 rings (SSSR count). The summed E-state index contributed by atoms with van der Waals surface area (Å²) >= 11 is 1.70. The Kier molecular flexibility index (Phi) is 5.59. The number of carbonyl (C=O) groups excluding carboxylic acids is 1. The van der Waals surface area contributed by atoms with E-state index in [1.807, 2.05) is 11.4 Å². The number of carboxylic acid groups (broad SMARTS) is 1. The summed E-state index contributed by atoms with van der Waals surface area (Å²) in [7, 11) is 0. The number of hydrogen-bond acceptors (Lipinski definition) is 3. The number of aliphatic carboxylic acids is 1. The van der Waals surface area contributed by atoms with E-state index in [4.69, 9.17) is 0 Å². The standard InChI is InChI=1S/C15H21NO3S/c17-14(9-4-6-12-7-5-11-20-12)16-10-3-1-2-8-13(16)15(18)19/h5,7,11,13H,1-4,6,8-10H2,(H,18,19). The minimum Gasteiger partial charge on any atom is -0.480 e. The van der Waals surface area contributed by atoms with Gasteiger partial charge >= 0.3 is 5.97 Å². The zero-order chi connectivity index (χ0) is 14.4. The molecule has 2 heterocycles. The summed E-state index contributed by atoms with van der Waals surface area (Å²) in [5.74, 6) is -0.866. The number of hydrogen-bond donors (Lipinski definition) is 1. The Labute approximate surface area is 123 Å². The molecule has 1 aromatic rings. The van der Waals surface area contributed by atoms with Crippen molar-refractivity contribution in [1.82, 2.24) is 4.90 Å². The second kappa shape index (κ2) is 7.43. The number of carbonyl (C=O) groups is 2. The summed E-state index contributed by atoms with van der Waals surface area (Å²) in [6.45, 7) is 0.592. The molecular formula is C15H21NO3S. The number of nitrogens with zero attached hydrogens (tertiary/aromatic N) is 1. The molecule has 0 aromatic carbocycles. The highest BCUT2D eigenvalue weighted by atomic mass is 32.1. The van der Waals surface area contributed by atoms with E-state index in [0.717, 1.165) is 32.1 Å². The fourth-order valence-electron chi connectivity index (χ4n) is 2.68. The summed E-state index contributed by atoms with van der Waals surface area (Å²) in [5, 5.41) is 11.3. The molecule has 1 atom stereocenters. The van der Waals surface area contributed by atoms with Crippen molar-refractivity contribution in [1.29, 1.82) is 0 Å². The lowest BCUT2D eigenvalue weighted by atomic mass is 10.1. The Morgan fingerprint density at radius 3 is 2.90 bits per heavy atom. The molecule has 20 heavy (non-hydrogen) atoms. The maximum absolute atomic E-state index is 12.3. The van der Waals surface area contributed by atoms with Crippen molar-refractivity contribution in [2.24, 2.45) is 0 Å². The zero-order valence-corrected chi connectivity index (χ0v) is 12.4. The van der Waals surface area contributed by atoms with Gasteiger partial charge in [-0.2, -0.15) is 0 Å². The summed E-state index contributed by atoms with van der Waals surface area (Å²) in [6.07, 6.45) is 5.56. The number of amides is 1. The Morgan fingerprint density at radius 2 is 2.20 bits per heavy atom. The van der Waals surface area contributed by atoms with Gasteiger partial charge in [-0.15, -0.1) is 11.3 Å². The van der Waals surface area contributed by atoms with Crippen molar-refractivity contribution >= 4 is 23.2 Å². The lowest BCUT2D eigenvalue weighted by Gasteiger charge is -2.27. The van der Waals surface area contributed by atoms with Crippen molar-refractivity contribution in [2.75, 3.05) is 6.54 Å². The largest absolute Gasteiger partial charge is 0.480 e. The summed E-state index contributed by atoms with van der Waals surface area (Å²) in [5.41, 5.74) is 0. The lowest BCUT2D eigenvalue weighted by Crippen LogP contribution is -2.44. The molecule has 1 N–H and O–H groups in total. The molecule has 1 amide bonds. The summed E-state index contributed by atoms with van der Waals surface area (Å²) < 4.78 is 0. The van der Waals surface area contributed by atoms with Crippen molar-refractivity contribution in [3.05, 3.63) is 22.4 Å². The second-order valence-corrected chi connectivity index (χ2v) is 6.26. The van der Waals surface area contributed by atoms with Gasteiger partial charge in [0.1, 0.15) is 6.04 Å². The molecule has 1 aliphatic heterocycles. The predicted octanol–water partition coefficient (Wildman–Crippen LogP) is 2.93. The van der Waals surface area contributed by atoms with Gasteiger partial charge in [0.15, 0.2) is 0 Å². The van der Waals surface area contributed by atoms with Crippen molar-refractivity contribution in [3.63, 3.8) is 0 Å². The molecule has 0 bridgehead atoms. The number of likely N-dealkylation sites (tertiary alicyclic amines) is 1. The first-order chi connectivity index (χ1) is 9.68.